The normalized spacial score (nSPS) is 16.5. The summed E-state index contributed by atoms with van der Waals surface area (Å²) in [4.78, 5) is 22.2. The molecule has 3 heterocycles. The standard InChI is InChI=1S/C17H23N5O4/c1-25-10-4-15-20-14(21-26-15)12-19-16(23)22-8-5-17(24,6-9-22)13-3-2-7-18-11-13/h2-3,7,11,24H,4-6,8-10,12H2,1H3,(H,19,23). The Bertz CT molecular complexity index is 713. The van der Waals surface area contributed by atoms with E-state index in [1.807, 2.05) is 6.07 Å². The Morgan fingerprint density at radius 3 is 2.96 bits per heavy atom. The third kappa shape index (κ3) is 4.36. The number of rotatable bonds is 6. The van der Waals surface area contributed by atoms with E-state index in [4.69, 9.17) is 9.26 Å². The lowest BCUT2D eigenvalue weighted by atomic mass is 9.85. The molecular weight excluding hydrogens is 338 g/mol. The van der Waals surface area contributed by atoms with Crippen molar-refractivity contribution >= 4 is 6.03 Å². The summed E-state index contributed by atoms with van der Waals surface area (Å²) in [6.07, 6.45) is 4.82. The van der Waals surface area contributed by atoms with Gasteiger partial charge in [-0.25, -0.2) is 4.79 Å². The molecule has 9 heteroatoms. The molecule has 1 aliphatic rings. The number of hydrogen-bond donors (Lipinski definition) is 2. The van der Waals surface area contributed by atoms with Gasteiger partial charge in [0.15, 0.2) is 5.82 Å². The number of piperidine rings is 1. The molecule has 1 saturated heterocycles. The minimum absolute atomic E-state index is 0.193. The van der Waals surface area contributed by atoms with Gasteiger partial charge in [0.1, 0.15) is 0 Å². The Labute approximate surface area is 151 Å². The Morgan fingerprint density at radius 2 is 2.27 bits per heavy atom. The molecule has 1 aliphatic heterocycles. The maximum atomic E-state index is 12.3. The Morgan fingerprint density at radius 1 is 1.46 bits per heavy atom. The first-order valence-corrected chi connectivity index (χ1v) is 8.57. The number of nitrogens with zero attached hydrogens (tertiary/aromatic N) is 4. The molecule has 26 heavy (non-hydrogen) atoms. The van der Waals surface area contributed by atoms with Crippen LogP contribution in [-0.4, -0.2) is 58.0 Å². The van der Waals surface area contributed by atoms with Crippen molar-refractivity contribution in [2.45, 2.75) is 31.4 Å². The van der Waals surface area contributed by atoms with Crippen LogP contribution < -0.4 is 5.32 Å². The van der Waals surface area contributed by atoms with Crippen molar-refractivity contribution in [2.75, 3.05) is 26.8 Å². The van der Waals surface area contributed by atoms with E-state index in [0.29, 0.717) is 50.7 Å². The second-order valence-electron chi connectivity index (χ2n) is 6.27. The molecule has 9 nitrogen and oxygen atoms in total. The van der Waals surface area contributed by atoms with Crippen molar-refractivity contribution in [3.8, 4) is 0 Å². The lowest BCUT2D eigenvalue weighted by Crippen LogP contribution is -2.48. The number of methoxy groups -OCH3 is 1. The summed E-state index contributed by atoms with van der Waals surface area (Å²) in [5.41, 5.74) is -0.148. The molecule has 0 atom stereocenters. The number of aromatic nitrogens is 3. The van der Waals surface area contributed by atoms with Gasteiger partial charge in [-0.15, -0.1) is 0 Å². The third-order valence-electron chi connectivity index (χ3n) is 4.50. The highest BCUT2D eigenvalue weighted by Crippen LogP contribution is 2.32. The van der Waals surface area contributed by atoms with Crippen molar-refractivity contribution in [1.82, 2.24) is 25.3 Å². The van der Waals surface area contributed by atoms with Crippen molar-refractivity contribution < 1.29 is 19.2 Å². The molecule has 2 aromatic heterocycles. The summed E-state index contributed by atoms with van der Waals surface area (Å²) in [5.74, 6) is 0.906. The Balaban J connectivity index is 1.47. The highest BCUT2D eigenvalue weighted by atomic mass is 16.5. The number of pyridine rings is 1. The van der Waals surface area contributed by atoms with Crippen molar-refractivity contribution in [1.29, 1.82) is 0 Å². The molecule has 0 aliphatic carbocycles. The van der Waals surface area contributed by atoms with Gasteiger partial charge in [0.25, 0.3) is 0 Å². The van der Waals surface area contributed by atoms with Crippen LogP contribution in [-0.2, 0) is 23.3 Å². The van der Waals surface area contributed by atoms with Crippen molar-refractivity contribution in [3.63, 3.8) is 0 Å². The smallest absolute Gasteiger partial charge is 0.317 e. The SMILES string of the molecule is COCCc1nc(CNC(=O)N2CCC(O)(c3cccnc3)CC2)no1. The number of hydrogen-bond acceptors (Lipinski definition) is 7. The number of carbonyl (C=O) groups is 1. The molecule has 0 bridgehead atoms. The van der Waals surface area contributed by atoms with E-state index in [-0.39, 0.29) is 12.6 Å². The van der Waals surface area contributed by atoms with Crippen molar-refractivity contribution in [2.24, 2.45) is 0 Å². The van der Waals surface area contributed by atoms with Crippen LogP contribution in [0.5, 0.6) is 0 Å². The number of carbonyl (C=O) groups excluding carboxylic acids is 1. The summed E-state index contributed by atoms with van der Waals surface area (Å²) in [6, 6.07) is 3.46. The zero-order valence-electron chi connectivity index (χ0n) is 14.7. The minimum Gasteiger partial charge on any atom is -0.385 e. The first-order valence-electron chi connectivity index (χ1n) is 8.57. The van der Waals surface area contributed by atoms with Gasteiger partial charge in [-0.05, 0) is 18.9 Å². The van der Waals surface area contributed by atoms with E-state index in [9.17, 15) is 9.90 Å². The van der Waals surface area contributed by atoms with Crippen LogP contribution in [0.25, 0.3) is 0 Å². The van der Waals surface area contributed by atoms with E-state index in [2.05, 4.69) is 20.4 Å². The van der Waals surface area contributed by atoms with Crippen LogP contribution in [0.3, 0.4) is 0 Å². The van der Waals surface area contributed by atoms with E-state index in [0.717, 1.165) is 5.56 Å². The average Bonchev–Trinajstić information content (AvgIpc) is 3.13. The summed E-state index contributed by atoms with van der Waals surface area (Å²) in [6.45, 7) is 1.62. The fourth-order valence-electron chi connectivity index (χ4n) is 2.93. The largest absolute Gasteiger partial charge is 0.385 e. The lowest BCUT2D eigenvalue weighted by Gasteiger charge is -2.38. The van der Waals surface area contributed by atoms with Gasteiger partial charge < -0.3 is 24.6 Å². The summed E-state index contributed by atoms with van der Waals surface area (Å²) < 4.78 is 10.0. The summed E-state index contributed by atoms with van der Waals surface area (Å²) >= 11 is 0. The highest BCUT2D eigenvalue weighted by Gasteiger charge is 2.35. The van der Waals surface area contributed by atoms with Gasteiger partial charge in [-0.1, -0.05) is 11.2 Å². The van der Waals surface area contributed by atoms with Crippen LogP contribution in [0.2, 0.25) is 0 Å². The minimum atomic E-state index is -0.936. The Kier molecular flexibility index (Phi) is 5.79. The van der Waals surface area contributed by atoms with E-state index < -0.39 is 5.60 Å². The molecule has 2 amide bonds. The quantitative estimate of drug-likeness (QED) is 0.784. The highest BCUT2D eigenvalue weighted by molar-refractivity contribution is 5.74. The van der Waals surface area contributed by atoms with Crippen molar-refractivity contribution in [3.05, 3.63) is 41.8 Å². The number of ether oxygens (including phenoxy) is 1. The van der Waals surface area contributed by atoms with Gasteiger partial charge in [-0.2, -0.15) is 4.98 Å². The predicted octanol–water partition coefficient (Wildman–Crippen LogP) is 0.847. The van der Waals surface area contributed by atoms with E-state index in [1.165, 1.54) is 0 Å². The number of likely N-dealkylation sites (tertiary alicyclic amines) is 1. The molecule has 1 fully saturated rings. The topological polar surface area (TPSA) is 114 Å². The molecular formula is C17H23N5O4. The molecule has 0 saturated carbocycles. The second-order valence-corrected chi connectivity index (χ2v) is 6.27. The zero-order valence-corrected chi connectivity index (χ0v) is 14.7. The molecule has 0 radical (unpaired) electrons. The molecule has 0 aromatic carbocycles. The fraction of sp³-hybridized carbons (Fsp3) is 0.529. The summed E-state index contributed by atoms with van der Waals surface area (Å²) in [5, 5.41) is 17.4. The fourth-order valence-corrected chi connectivity index (χ4v) is 2.93. The van der Waals surface area contributed by atoms with E-state index in [1.54, 1.807) is 30.5 Å². The van der Waals surface area contributed by atoms with Gasteiger partial charge in [0, 0.05) is 38.2 Å². The zero-order chi connectivity index (χ0) is 18.4. The van der Waals surface area contributed by atoms with Gasteiger partial charge in [0.05, 0.1) is 25.2 Å². The molecule has 0 unspecified atom stereocenters. The van der Waals surface area contributed by atoms with Crippen LogP contribution in [0.15, 0.2) is 29.0 Å². The lowest BCUT2D eigenvalue weighted by molar-refractivity contribution is -0.0171. The van der Waals surface area contributed by atoms with Gasteiger partial charge >= 0.3 is 6.03 Å². The molecule has 3 rings (SSSR count). The van der Waals surface area contributed by atoms with Crippen LogP contribution >= 0.6 is 0 Å². The van der Waals surface area contributed by atoms with Crippen LogP contribution in [0, 0.1) is 0 Å². The number of amides is 2. The summed E-state index contributed by atoms with van der Waals surface area (Å²) in [7, 11) is 1.60. The van der Waals surface area contributed by atoms with Gasteiger partial charge in [-0.3, -0.25) is 4.98 Å². The predicted molar refractivity (Wildman–Crippen MR) is 91.1 cm³/mol. The molecule has 2 aromatic rings. The number of nitrogens with one attached hydrogen (secondary N) is 1. The first-order chi connectivity index (χ1) is 12.6. The third-order valence-corrected chi connectivity index (χ3v) is 4.50. The van der Waals surface area contributed by atoms with Gasteiger partial charge in [0.2, 0.25) is 5.89 Å². The monoisotopic (exact) mass is 361 g/mol. The van der Waals surface area contributed by atoms with E-state index >= 15 is 0 Å². The average molecular weight is 361 g/mol. The molecule has 140 valence electrons. The number of aliphatic hydroxyl groups is 1. The number of urea groups is 1. The molecule has 2 N–H and O–H groups in total. The second kappa shape index (κ2) is 8.24. The molecule has 0 spiro atoms. The van der Waals surface area contributed by atoms with Crippen LogP contribution in [0.4, 0.5) is 4.79 Å². The Hall–Kier alpha value is -2.52. The maximum absolute atomic E-state index is 12.3. The first kappa shape index (κ1) is 18.3. The van der Waals surface area contributed by atoms with Crippen LogP contribution in [0.1, 0.15) is 30.1 Å². The maximum Gasteiger partial charge on any atom is 0.317 e.